The van der Waals surface area contributed by atoms with Crippen molar-refractivity contribution in [1.82, 2.24) is 15.2 Å². The maximum atomic E-state index is 12.4. The van der Waals surface area contributed by atoms with Crippen molar-refractivity contribution in [3.05, 3.63) is 28.3 Å². The SMILES string of the molecule is CCOC(=O)N1CCC(C(=O)NCc2ccc(-c3csc(C)n3)o2)CC1. The number of rotatable bonds is 5. The van der Waals surface area contributed by atoms with E-state index in [2.05, 4.69) is 10.3 Å². The van der Waals surface area contributed by atoms with Gasteiger partial charge < -0.3 is 19.4 Å². The molecule has 7 nitrogen and oxygen atoms in total. The van der Waals surface area contributed by atoms with Crippen LogP contribution in [0.4, 0.5) is 4.79 Å². The smallest absolute Gasteiger partial charge is 0.409 e. The van der Waals surface area contributed by atoms with Crippen LogP contribution >= 0.6 is 11.3 Å². The first-order valence-corrected chi connectivity index (χ1v) is 9.65. The van der Waals surface area contributed by atoms with Gasteiger partial charge in [-0.25, -0.2) is 9.78 Å². The summed E-state index contributed by atoms with van der Waals surface area (Å²) in [7, 11) is 0. The fourth-order valence-corrected chi connectivity index (χ4v) is 3.55. The highest BCUT2D eigenvalue weighted by molar-refractivity contribution is 7.09. The van der Waals surface area contributed by atoms with Gasteiger partial charge in [0.25, 0.3) is 0 Å². The lowest BCUT2D eigenvalue weighted by atomic mass is 9.96. The maximum absolute atomic E-state index is 12.4. The molecular weight excluding hydrogens is 354 g/mol. The number of piperidine rings is 1. The molecule has 0 aliphatic carbocycles. The van der Waals surface area contributed by atoms with E-state index in [4.69, 9.17) is 9.15 Å². The van der Waals surface area contributed by atoms with Crippen molar-refractivity contribution in [3.63, 3.8) is 0 Å². The number of ether oxygens (including phenoxy) is 1. The molecule has 2 amide bonds. The molecule has 26 heavy (non-hydrogen) atoms. The van der Waals surface area contributed by atoms with Gasteiger partial charge in [0.15, 0.2) is 5.76 Å². The lowest BCUT2D eigenvalue weighted by Crippen LogP contribution is -2.43. The predicted molar refractivity (Wildman–Crippen MR) is 97.7 cm³/mol. The monoisotopic (exact) mass is 377 g/mol. The van der Waals surface area contributed by atoms with Gasteiger partial charge in [-0.15, -0.1) is 11.3 Å². The summed E-state index contributed by atoms with van der Waals surface area (Å²) in [5.41, 5.74) is 0.816. The van der Waals surface area contributed by atoms with Gasteiger partial charge in [-0.2, -0.15) is 0 Å². The topological polar surface area (TPSA) is 84.7 Å². The van der Waals surface area contributed by atoms with E-state index in [0.717, 1.165) is 10.7 Å². The summed E-state index contributed by atoms with van der Waals surface area (Å²) in [5.74, 6) is 1.32. The molecule has 140 valence electrons. The van der Waals surface area contributed by atoms with Gasteiger partial charge in [0, 0.05) is 24.4 Å². The Morgan fingerprint density at radius 2 is 2.15 bits per heavy atom. The van der Waals surface area contributed by atoms with Crippen molar-refractivity contribution in [2.24, 2.45) is 5.92 Å². The quantitative estimate of drug-likeness (QED) is 0.865. The van der Waals surface area contributed by atoms with Crippen LogP contribution in [0.2, 0.25) is 0 Å². The average molecular weight is 377 g/mol. The zero-order chi connectivity index (χ0) is 18.5. The number of aromatic nitrogens is 1. The Kier molecular flexibility index (Phi) is 5.92. The highest BCUT2D eigenvalue weighted by Gasteiger charge is 2.27. The molecular formula is C18H23N3O4S. The molecule has 1 aliphatic heterocycles. The molecule has 0 saturated carbocycles. The van der Waals surface area contributed by atoms with Gasteiger partial charge in [-0.05, 0) is 38.8 Å². The molecule has 1 aliphatic rings. The standard InChI is InChI=1S/C18H23N3O4S/c1-3-24-18(23)21-8-6-13(7-9-21)17(22)19-10-14-4-5-16(25-14)15-11-26-12(2)20-15/h4-5,11,13H,3,6-10H2,1-2H3,(H,19,22). The highest BCUT2D eigenvalue weighted by Crippen LogP contribution is 2.24. The number of nitrogens with one attached hydrogen (secondary N) is 1. The van der Waals surface area contributed by atoms with E-state index in [1.54, 1.807) is 23.2 Å². The number of furan rings is 1. The molecule has 1 fully saturated rings. The maximum Gasteiger partial charge on any atom is 0.409 e. The van der Waals surface area contributed by atoms with Crippen LogP contribution in [0.15, 0.2) is 21.9 Å². The Morgan fingerprint density at radius 3 is 2.81 bits per heavy atom. The van der Waals surface area contributed by atoms with Gasteiger partial charge in [-0.1, -0.05) is 0 Å². The largest absolute Gasteiger partial charge is 0.458 e. The third-order valence-corrected chi connectivity index (χ3v) is 5.14. The lowest BCUT2D eigenvalue weighted by Gasteiger charge is -2.30. The van der Waals surface area contributed by atoms with Crippen molar-refractivity contribution in [1.29, 1.82) is 0 Å². The number of amides is 2. The van der Waals surface area contributed by atoms with E-state index in [-0.39, 0.29) is 17.9 Å². The number of hydrogen-bond acceptors (Lipinski definition) is 6. The van der Waals surface area contributed by atoms with Crippen LogP contribution in [0, 0.1) is 12.8 Å². The van der Waals surface area contributed by atoms with Crippen LogP contribution in [-0.2, 0) is 16.1 Å². The third kappa shape index (κ3) is 4.43. The molecule has 1 saturated heterocycles. The second kappa shape index (κ2) is 8.35. The number of thiazole rings is 1. The number of carbonyl (C=O) groups excluding carboxylic acids is 2. The van der Waals surface area contributed by atoms with E-state index >= 15 is 0 Å². The van der Waals surface area contributed by atoms with Crippen molar-refractivity contribution in [3.8, 4) is 11.5 Å². The number of likely N-dealkylation sites (tertiary alicyclic amines) is 1. The van der Waals surface area contributed by atoms with Crippen LogP contribution in [0.1, 0.15) is 30.5 Å². The second-order valence-electron chi connectivity index (χ2n) is 6.20. The summed E-state index contributed by atoms with van der Waals surface area (Å²) < 4.78 is 10.7. The van der Waals surface area contributed by atoms with E-state index in [1.165, 1.54) is 0 Å². The Hall–Kier alpha value is -2.35. The van der Waals surface area contributed by atoms with Gasteiger partial charge in [0.2, 0.25) is 5.91 Å². The van der Waals surface area contributed by atoms with Gasteiger partial charge in [-0.3, -0.25) is 4.79 Å². The molecule has 0 aromatic carbocycles. The van der Waals surface area contributed by atoms with Crippen molar-refractivity contribution < 1.29 is 18.7 Å². The molecule has 0 bridgehead atoms. The second-order valence-corrected chi connectivity index (χ2v) is 7.26. The Bertz CT molecular complexity index is 762. The molecule has 1 N–H and O–H groups in total. The van der Waals surface area contributed by atoms with E-state index in [9.17, 15) is 9.59 Å². The van der Waals surface area contributed by atoms with Gasteiger partial charge in [0.1, 0.15) is 11.5 Å². The number of aryl methyl sites for hydroxylation is 1. The summed E-state index contributed by atoms with van der Waals surface area (Å²) >= 11 is 1.57. The van der Waals surface area contributed by atoms with Crippen molar-refractivity contribution in [2.45, 2.75) is 33.2 Å². The summed E-state index contributed by atoms with van der Waals surface area (Å²) in [4.78, 5) is 30.1. The minimum absolute atomic E-state index is 0.00374. The van der Waals surface area contributed by atoms with Crippen LogP contribution < -0.4 is 5.32 Å². The van der Waals surface area contributed by atoms with E-state index in [0.29, 0.717) is 50.6 Å². The molecule has 8 heteroatoms. The van der Waals surface area contributed by atoms with E-state index < -0.39 is 0 Å². The number of nitrogens with zero attached hydrogens (tertiary/aromatic N) is 2. The fraction of sp³-hybridized carbons (Fsp3) is 0.500. The van der Waals surface area contributed by atoms with Crippen LogP contribution in [0.25, 0.3) is 11.5 Å². The number of carbonyl (C=O) groups is 2. The summed E-state index contributed by atoms with van der Waals surface area (Å²) in [5, 5.41) is 5.86. The van der Waals surface area contributed by atoms with E-state index in [1.807, 2.05) is 24.4 Å². The Balaban J connectivity index is 1.46. The van der Waals surface area contributed by atoms with Gasteiger partial charge in [0.05, 0.1) is 18.2 Å². The molecule has 3 heterocycles. The summed E-state index contributed by atoms with van der Waals surface area (Å²) in [6.45, 7) is 5.54. The zero-order valence-electron chi connectivity index (χ0n) is 15.0. The zero-order valence-corrected chi connectivity index (χ0v) is 15.8. The Morgan fingerprint density at radius 1 is 1.38 bits per heavy atom. The molecule has 3 rings (SSSR count). The predicted octanol–water partition coefficient (Wildman–Crippen LogP) is 3.20. The van der Waals surface area contributed by atoms with Crippen molar-refractivity contribution in [2.75, 3.05) is 19.7 Å². The molecule has 0 spiro atoms. The van der Waals surface area contributed by atoms with Crippen LogP contribution in [-0.4, -0.2) is 41.6 Å². The minimum Gasteiger partial charge on any atom is -0.458 e. The molecule has 0 radical (unpaired) electrons. The van der Waals surface area contributed by atoms with Crippen LogP contribution in [0.3, 0.4) is 0 Å². The Labute approximate surface area is 156 Å². The summed E-state index contributed by atoms with van der Waals surface area (Å²) in [6.07, 6.45) is 0.991. The number of hydrogen-bond donors (Lipinski definition) is 1. The first-order valence-electron chi connectivity index (χ1n) is 8.77. The summed E-state index contributed by atoms with van der Waals surface area (Å²) in [6, 6.07) is 3.72. The minimum atomic E-state index is -0.299. The lowest BCUT2D eigenvalue weighted by molar-refractivity contribution is -0.126. The average Bonchev–Trinajstić information content (AvgIpc) is 3.29. The first kappa shape index (κ1) is 18.4. The van der Waals surface area contributed by atoms with Crippen LogP contribution in [0.5, 0.6) is 0 Å². The van der Waals surface area contributed by atoms with Gasteiger partial charge >= 0.3 is 6.09 Å². The fourth-order valence-electron chi connectivity index (χ4n) is 2.94. The highest BCUT2D eigenvalue weighted by atomic mass is 32.1. The molecule has 2 aromatic heterocycles. The van der Waals surface area contributed by atoms with Crippen molar-refractivity contribution >= 4 is 23.3 Å². The molecule has 0 unspecified atom stereocenters. The molecule has 0 atom stereocenters. The first-order chi connectivity index (χ1) is 12.6. The third-order valence-electron chi connectivity index (χ3n) is 4.36. The molecule has 2 aromatic rings. The normalized spacial score (nSPS) is 15.1.